The van der Waals surface area contributed by atoms with Crippen LogP contribution in [0, 0.1) is 18.6 Å². The van der Waals surface area contributed by atoms with Gasteiger partial charge in [0.25, 0.3) is 5.91 Å². The molecule has 2 amide bonds. The van der Waals surface area contributed by atoms with Crippen molar-refractivity contribution >= 4 is 34.8 Å². The van der Waals surface area contributed by atoms with E-state index in [1.807, 2.05) is 11.9 Å². The molecule has 1 aromatic carbocycles. The molecule has 0 bridgehead atoms. The van der Waals surface area contributed by atoms with Crippen LogP contribution < -0.4 is 15.5 Å². The van der Waals surface area contributed by atoms with Crippen LogP contribution in [0.25, 0.3) is 10.6 Å². The molecule has 0 radical (unpaired) electrons. The minimum absolute atomic E-state index is 0.0802. The van der Waals surface area contributed by atoms with E-state index in [9.17, 15) is 18.4 Å². The van der Waals surface area contributed by atoms with Crippen LogP contribution in [0.4, 0.5) is 25.1 Å². The minimum Gasteiger partial charge on any atom is -0.444 e. The van der Waals surface area contributed by atoms with Crippen molar-refractivity contribution in [3.63, 3.8) is 0 Å². The van der Waals surface area contributed by atoms with Gasteiger partial charge in [0, 0.05) is 32.1 Å². The first-order valence-corrected chi connectivity index (χ1v) is 12.1. The highest BCUT2D eigenvalue weighted by Gasteiger charge is 2.23. The molecule has 12 heteroatoms. The van der Waals surface area contributed by atoms with E-state index in [1.165, 1.54) is 12.3 Å². The number of hydrogen-bond donors (Lipinski definition) is 2. The molecule has 2 N–H and O–H groups in total. The van der Waals surface area contributed by atoms with Gasteiger partial charge in [0.2, 0.25) is 0 Å². The number of nitrogens with one attached hydrogen (secondary N) is 2. The fourth-order valence-electron chi connectivity index (χ4n) is 3.50. The Hall–Kier alpha value is -3.54. The minimum atomic E-state index is -0.743. The van der Waals surface area contributed by atoms with Crippen molar-refractivity contribution in [3.8, 4) is 10.6 Å². The number of nitrogens with zero attached hydrogens (tertiary/aromatic N) is 4. The maximum atomic E-state index is 14.2. The van der Waals surface area contributed by atoms with Crippen molar-refractivity contribution in [2.45, 2.75) is 39.7 Å². The number of rotatable bonds is 8. The van der Waals surface area contributed by atoms with Crippen molar-refractivity contribution in [1.29, 1.82) is 0 Å². The lowest BCUT2D eigenvalue weighted by atomic mass is 10.2. The molecule has 2 aromatic heterocycles. The van der Waals surface area contributed by atoms with Crippen molar-refractivity contribution in [1.82, 2.24) is 20.1 Å². The van der Waals surface area contributed by atoms with Crippen LogP contribution in [-0.4, -0.2) is 52.5 Å². The number of benzene rings is 1. The third-order valence-corrected chi connectivity index (χ3v) is 6.03. The second-order valence-electron chi connectivity index (χ2n) is 9.18. The van der Waals surface area contributed by atoms with Crippen LogP contribution in [0.15, 0.2) is 24.4 Å². The molecule has 0 aliphatic carbocycles. The third-order valence-electron chi connectivity index (χ3n) is 5.04. The predicted octanol–water partition coefficient (Wildman–Crippen LogP) is 4.73. The zero-order valence-electron chi connectivity index (χ0n) is 21.1. The molecule has 0 saturated carbocycles. The zero-order valence-corrected chi connectivity index (χ0v) is 21.9. The van der Waals surface area contributed by atoms with Crippen LogP contribution in [0.5, 0.6) is 0 Å². The SMILES string of the molecule is Cc1sc(-c2c(F)cccc2F)nc1C(=O)Nc1cnn(C)c1N(C)CCCNC(=O)OC(C)(C)C. The maximum absolute atomic E-state index is 14.2. The van der Waals surface area contributed by atoms with E-state index in [1.54, 1.807) is 39.4 Å². The van der Waals surface area contributed by atoms with Crippen molar-refractivity contribution in [2.24, 2.45) is 7.05 Å². The Bertz CT molecular complexity index is 1230. The largest absolute Gasteiger partial charge is 0.444 e. The highest BCUT2D eigenvalue weighted by atomic mass is 32.1. The molecule has 9 nitrogen and oxygen atoms in total. The van der Waals surface area contributed by atoms with Gasteiger partial charge in [-0.25, -0.2) is 18.6 Å². The lowest BCUT2D eigenvalue weighted by Crippen LogP contribution is -2.34. The number of aromatic nitrogens is 3. The molecule has 0 saturated heterocycles. The van der Waals surface area contributed by atoms with Gasteiger partial charge < -0.3 is 20.3 Å². The Morgan fingerprint density at radius 3 is 2.53 bits per heavy atom. The summed E-state index contributed by atoms with van der Waals surface area (Å²) in [6.45, 7) is 8.03. The lowest BCUT2D eigenvalue weighted by molar-refractivity contribution is 0.0527. The first-order chi connectivity index (χ1) is 16.9. The van der Waals surface area contributed by atoms with Gasteiger partial charge in [-0.3, -0.25) is 9.48 Å². The summed E-state index contributed by atoms with van der Waals surface area (Å²) in [5.41, 5.74) is -0.290. The fourth-order valence-corrected chi connectivity index (χ4v) is 4.46. The van der Waals surface area contributed by atoms with Crippen LogP contribution in [-0.2, 0) is 11.8 Å². The molecular weight excluding hydrogens is 490 g/mol. The molecule has 194 valence electrons. The Kier molecular flexibility index (Phi) is 8.28. The Labute approximate surface area is 212 Å². The van der Waals surface area contributed by atoms with E-state index < -0.39 is 29.2 Å². The second kappa shape index (κ2) is 11.0. The summed E-state index contributed by atoms with van der Waals surface area (Å²) < 4.78 is 35.2. The summed E-state index contributed by atoms with van der Waals surface area (Å²) in [6, 6.07) is 3.57. The van der Waals surface area contributed by atoms with Gasteiger partial charge in [0.15, 0.2) is 5.82 Å². The molecule has 0 fully saturated rings. The monoisotopic (exact) mass is 520 g/mol. The van der Waals surface area contributed by atoms with Gasteiger partial charge in [-0.05, 0) is 46.2 Å². The van der Waals surface area contributed by atoms with E-state index >= 15 is 0 Å². The second-order valence-corrected chi connectivity index (χ2v) is 10.4. The van der Waals surface area contributed by atoms with Gasteiger partial charge in [-0.15, -0.1) is 11.3 Å². The average molecular weight is 521 g/mol. The van der Waals surface area contributed by atoms with E-state index in [0.717, 1.165) is 23.5 Å². The van der Waals surface area contributed by atoms with Gasteiger partial charge in [0.1, 0.15) is 33.6 Å². The summed E-state index contributed by atoms with van der Waals surface area (Å²) >= 11 is 1.04. The molecule has 3 rings (SSSR count). The fraction of sp³-hybridized carbons (Fsp3) is 0.417. The number of hydrogen-bond acceptors (Lipinski definition) is 7. The van der Waals surface area contributed by atoms with Crippen LogP contribution in [0.1, 0.15) is 42.6 Å². The number of aryl methyl sites for hydroxylation is 2. The molecule has 3 aromatic rings. The number of carbonyl (C=O) groups is 2. The summed E-state index contributed by atoms with van der Waals surface area (Å²) in [6.07, 6.45) is 1.66. The number of carbonyl (C=O) groups excluding carboxylic acids is 2. The van der Waals surface area contributed by atoms with Crippen molar-refractivity contribution < 1.29 is 23.1 Å². The van der Waals surface area contributed by atoms with Crippen molar-refractivity contribution in [2.75, 3.05) is 30.4 Å². The standard InChI is InChI=1S/C24H30F2N6O3S/c1-14-19(30-21(36-14)18-15(25)9-7-10-16(18)26)20(33)29-17-13-28-32(6)22(17)31(5)12-8-11-27-23(34)35-24(2,3)4/h7,9-10,13H,8,11-12H2,1-6H3,(H,27,34)(H,29,33). The molecule has 0 unspecified atom stereocenters. The highest BCUT2D eigenvalue weighted by molar-refractivity contribution is 7.15. The Morgan fingerprint density at radius 1 is 1.22 bits per heavy atom. The maximum Gasteiger partial charge on any atom is 0.407 e. The molecule has 0 atom stereocenters. The first-order valence-electron chi connectivity index (χ1n) is 11.3. The van der Waals surface area contributed by atoms with E-state index in [0.29, 0.717) is 35.9 Å². The molecule has 2 heterocycles. The number of amides is 2. The topological polar surface area (TPSA) is 101 Å². The summed E-state index contributed by atoms with van der Waals surface area (Å²) in [7, 11) is 3.58. The molecule has 0 aliphatic heterocycles. The summed E-state index contributed by atoms with van der Waals surface area (Å²) in [5, 5.41) is 9.84. The average Bonchev–Trinajstić information content (AvgIpc) is 3.32. The van der Waals surface area contributed by atoms with Crippen LogP contribution in [0.2, 0.25) is 0 Å². The molecule has 0 spiro atoms. The van der Waals surface area contributed by atoms with Gasteiger partial charge in [0.05, 0.1) is 11.8 Å². The zero-order chi connectivity index (χ0) is 26.6. The number of ether oxygens (including phenoxy) is 1. The number of anilines is 2. The third kappa shape index (κ3) is 6.56. The normalized spacial score (nSPS) is 11.3. The van der Waals surface area contributed by atoms with Gasteiger partial charge in [-0.2, -0.15) is 5.10 Å². The molecule has 0 aliphatic rings. The predicted molar refractivity (Wildman–Crippen MR) is 135 cm³/mol. The number of halogens is 2. The molecule has 36 heavy (non-hydrogen) atoms. The molecular formula is C24H30F2N6O3S. The smallest absolute Gasteiger partial charge is 0.407 e. The highest BCUT2D eigenvalue weighted by Crippen LogP contribution is 2.32. The van der Waals surface area contributed by atoms with Crippen molar-refractivity contribution in [3.05, 3.63) is 46.6 Å². The lowest BCUT2D eigenvalue weighted by Gasteiger charge is -2.22. The quantitative estimate of drug-likeness (QED) is 0.417. The first kappa shape index (κ1) is 27.1. The number of thiazole rings is 1. The van der Waals surface area contributed by atoms with Crippen LogP contribution >= 0.6 is 11.3 Å². The van der Waals surface area contributed by atoms with E-state index in [2.05, 4.69) is 20.7 Å². The van der Waals surface area contributed by atoms with Gasteiger partial charge in [-0.1, -0.05) is 6.07 Å². The van der Waals surface area contributed by atoms with E-state index in [4.69, 9.17) is 4.74 Å². The Morgan fingerprint density at radius 2 is 1.89 bits per heavy atom. The Balaban J connectivity index is 1.67. The summed E-state index contributed by atoms with van der Waals surface area (Å²) in [5.74, 6) is -1.35. The van der Waals surface area contributed by atoms with Gasteiger partial charge >= 0.3 is 6.09 Å². The van der Waals surface area contributed by atoms with Crippen LogP contribution in [0.3, 0.4) is 0 Å². The number of alkyl carbamates (subject to hydrolysis) is 1. The van der Waals surface area contributed by atoms with E-state index in [-0.39, 0.29) is 16.3 Å². The summed E-state index contributed by atoms with van der Waals surface area (Å²) in [4.78, 5) is 31.4.